The molecule has 1 aliphatic rings. The number of aryl methyl sites for hydroxylation is 2. The van der Waals surface area contributed by atoms with E-state index in [1.165, 1.54) is 17.3 Å². The van der Waals surface area contributed by atoms with E-state index in [4.69, 9.17) is 4.74 Å². The van der Waals surface area contributed by atoms with E-state index in [9.17, 15) is 4.79 Å². The van der Waals surface area contributed by atoms with Crippen LogP contribution in [0, 0.1) is 27.7 Å². The van der Waals surface area contributed by atoms with Gasteiger partial charge in [0.15, 0.2) is 5.17 Å². The summed E-state index contributed by atoms with van der Waals surface area (Å²) in [4.78, 5) is 17.9. The monoisotopic (exact) mass is 445 g/mol. The van der Waals surface area contributed by atoms with Crippen LogP contribution in [0.2, 0.25) is 0 Å². The van der Waals surface area contributed by atoms with Gasteiger partial charge in [-0.15, -0.1) is 0 Å². The zero-order valence-corrected chi connectivity index (χ0v) is 19.8. The quantitative estimate of drug-likeness (QED) is 0.490. The Hall–Kier alpha value is -3.25. The maximum absolute atomic E-state index is 12.6. The lowest BCUT2D eigenvalue weighted by Gasteiger charge is -2.11. The van der Waals surface area contributed by atoms with Crippen molar-refractivity contribution in [3.63, 3.8) is 0 Å². The van der Waals surface area contributed by atoms with Crippen LogP contribution in [-0.2, 0) is 4.79 Å². The summed E-state index contributed by atoms with van der Waals surface area (Å²) in [5.41, 5.74) is 7.43. The lowest BCUT2D eigenvalue weighted by atomic mass is 10.1. The number of nitrogens with zero attached hydrogens (tertiary/aromatic N) is 2. The van der Waals surface area contributed by atoms with Crippen LogP contribution < -0.4 is 10.1 Å². The summed E-state index contributed by atoms with van der Waals surface area (Å²) in [6.07, 6.45) is 1.94. The maximum Gasteiger partial charge on any atom is 0.264 e. The molecule has 164 valence electrons. The number of nitrogens with one attached hydrogen (secondary N) is 1. The molecule has 1 saturated heterocycles. The van der Waals surface area contributed by atoms with Crippen LogP contribution in [0.3, 0.4) is 0 Å². The van der Waals surface area contributed by atoms with Crippen molar-refractivity contribution in [2.24, 2.45) is 4.99 Å². The molecule has 32 heavy (non-hydrogen) atoms. The molecule has 4 rings (SSSR count). The van der Waals surface area contributed by atoms with E-state index in [2.05, 4.69) is 47.8 Å². The van der Waals surface area contributed by atoms with Gasteiger partial charge in [-0.1, -0.05) is 12.1 Å². The van der Waals surface area contributed by atoms with Gasteiger partial charge < -0.3 is 14.6 Å². The Morgan fingerprint density at radius 3 is 2.56 bits per heavy atom. The molecule has 2 aromatic carbocycles. The lowest BCUT2D eigenvalue weighted by Crippen LogP contribution is -2.19. The van der Waals surface area contributed by atoms with Crippen molar-refractivity contribution in [3.8, 4) is 11.4 Å². The number of carbonyl (C=O) groups excluding carboxylic acids is 1. The molecule has 1 amide bonds. The highest BCUT2D eigenvalue weighted by molar-refractivity contribution is 8.18. The number of ether oxygens (including phenoxy) is 1. The van der Waals surface area contributed by atoms with Gasteiger partial charge in [0.2, 0.25) is 0 Å². The van der Waals surface area contributed by atoms with E-state index < -0.39 is 0 Å². The van der Waals surface area contributed by atoms with Crippen molar-refractivity contribution in [1.29, 1.82) is 0 Å². The third-order valence-electron chi connectivity index (χ3n) is 5.61. The molecule has 1 fully saturated rings. The highest BCUT2D eigenvalue weighted by Gasteiger charge is 2.25. The third-order valence-corrected chi connectivity index (χ3v) is 6.52. The summed E-state index contributed by atoms with van der Waals surface area (Å²) in [6, 6.07) is 16.2. The van der Waals surface area contributed by atoms with Crippen LogP contribution in [0.5, 0.6) is 5.75 Å². The summed E-state index contributed by atoms with van der Waals surface area (Å²) in [7, 11) is 0. The van der Waals surface area contributed by atoms with Gasteiger partial charge in [-0.25, -0.2) is 4.99 Å². The summed E-state index contributed by atoms with van der Waals surface area (Å²) in [5.74, 6) is 0.737. The van der Waals surface area contributed by atoms with Crippen molar-refractivity contribution in [2.75, 3.05) is 6.61 Å². The molecule has 0 saturated carbocycles. The Morgan fingerprint density at radius 1 is 1.09 bits per heavy atom. The fourth-order valence-corrected chi connectivity index (χ4v) is 4.60. The number of benzene rings is 2. The number of aliphatic imine (C=N–C) groups is 1. The van der Waals surface area contributed by atoms with E-state index >= 15 is 0 Å². The zero-order valence-electron chi connectivity index (χ0n) is 19.0. The minimum Gasteiger partial charge on any atom is -0.494 e. The highest BCUT2D eigenvalue weighted by atomic mass is 32.2. The van der Waals surface area contributed by atoms with Crippen LogP contribution in [0.1, 0.15) is 35.0 Å². The predicted molar refractivity (Wildman–Crippen MR) is 133 cm³/mol. The van der Waals surface area contributed by atoms with E-state index in [0.717, 1.165) is 39.6 Å². The number of amides is 1. The smallest absolute Gasteiger partial charge is 0.264 e. The Balaban J connectivity index is 1.62. The summed E-state index contributed by atoms with van der Waals surface area (Å²) in [5, 5.41) is 3.50. The molecule has 5 nitrogen and oxygen atoms in total. The number of hydrogen-bond acceptors (Lipinski definition) is 4. The minimum absolute atomic E-state index is 0.120. The number of amidine groups is 1. The molecule has 1 aliphatic heterocycles. The van der Waals surface area contributed by atoms with Crippen molar-refractivity contribution >= 4 is 34.6 Å². The van der Waals surface area contributed by atoms with Gasteiger partial charge in [-0.2, -0.15) is 0 Å². The van der Waals surface area contributed by atoms with Crippen molar-refractivity contribution in [3.05, 3.63) is 81.5 Å². The molecule has 1 aromatic heterocycles. The molecule has 2 heterocycles. The second-order valence-electron chi connectivity index (χ2n) is 7.79. The lowest BCUT2D eigenvalue weighted by molar-refractivity contribution is -0.115. The number of aromatic nitrogens is 1. The average Bonchev–Trinajstić information content (AvgIpc) is 3.24. The first-order chi connectivity index (χ1) is 15.4. The molecule has 0 atom stereocenters. The highest BCUT2D eigenvalue weighted by Crippen LogP contribution is 2.32. The van der Waals surface area contributed by atoms with Gasteiger partial charge in [0, 0.05) is 17.1 Å². The zero-order chi connectivity index (χ0) is 22.8. The van der Waals surface area contributed by atoms with E-state index in [0.29, 0.717) is 16.7 Å². The second-order valence-corrected chi connectivity index (χ2v) is 8.82. The first-order valence-corrected chi connectivity index (χ1v) is 11.5. The first kappa shape index (κ1) is 22.0. The molecule has 0 unspecified atom stereocenters. The summed E-state index contributed by atoms with van der Waals surface area (Å²) >= 11 is 1.37. The predicted octanol–water partition coefficient (Wildman–Crippen LogP) is 6.00. The van der Waals surface area contributed by atoms with Gasteiger partial charge in [0.1, 0.15) is 5.75 Å². The van der Waals surface area contributed by atoms with E-state index in [1.807, 2.05) is 56.3 Å². The van der Waals surface area contributed by atoms with E-state index in [1.54, 1.807) is 0 Å². The fraction of sp³-hybridized carbons (Fsp3) is 0.231. The van der Waals surface area contributed by atoms with Crippen LogP contribution >= 0.6 is 11.8 Å². The third kappa shape index (κ3) is 4.36. The second kappa shape index (κ2) is 9.09. The number of rotatable bonds is 5. The van der Waals surface area contributed by atoms with Crippen LogP contribution in [0.25, 0.3) is 11.8 Å². The molecular weight excluding hydrogens is 418 g/mol. The Bertz CT molecular complexity index is 1240. The average molecular weight is 446 g/mol. The van der Waals surface area contributed by atoms with Crippen LogP contribution in [0.15, 0.2) is 58.4 Å². The largest absolute Gasteiger partial charge is 0.494 e. The van der Waals surface area contributed by atoms with Crippen molar-refractivity contribution < 1.29 is 9.53 Å². The topological polar surface area (TPSA) is 55.6 Å². The van der Waals surface area contributed by atoms with Gasteiger partial charge in [-0.05, 0) is 106 Å². The van der Waals surface area contributed by atoms with Gasteiger partial charge in [0.05, 0.1) is 17.2 Å². The number of thioether (sulfide) groups is 1. The van der Waals surface area contributed by atoms with Crippen LogP contribution in [0.4, 0.5) is 5.69 Å². The molecule has 0 bridgehead atoms. The Morgan fingerprint density at radius 2 is 1.84 bits per heavy atom. The van der Waals surface area contributed by atoms with Crippen molar-refractivity contribution in [1.82, 2.24) is 9.88 Å². The maximum atomic E-state index is 12.6. The molecule has 6 heteroatoms. The number of hydrogen-bond donors (Lipinski definition) is 1. The SMILES string of the molecule is CCOc1ccc(-n2c(C)cc(/C=C3\SC(=Nc4cccc(C)c4C)NC3=O)c2C)cc1. The Labute approximate surface area is 193 Å². The molecule has 3 aromatic rings. The van der Waals surface area contributed by atoms with Gasteiger partial charge >= 0.3 is 0 Å². The summed E-state index contributed by atoms with van der Waals surface area (Å²) < 4.78 is 7.74. The van der Waals surface area contributed by atoms with Gasteiger partial charge in [0.25, 0.3) is 5.91 Å². The minimum atomic E-state index is -0.120. The molecule has 1 N–H and O–H groups in total. The first-order valence-electron chi connectivity index (χ1n) is 10.7. The molecular formula is C26H27N3O2S. The summed E-state index contributed by atoms with van der Waals surface area (Å²) in [6.45, 7) is 10.9. The fourth-order valence-electron chi connectivity index (χ4n) is 3.78. The molecule has 0 aliphatic carbocycles. The van der Waals surface area contributed by atoms with Gasteiger partial charge in [-0.3, -0.25) is 4.79 Å². The molecule has 0 radical (unpaired) electrons. The Kier molecular flexibility index (Phi) is 6.24. The van der Waals surface area contributed by atoms with E-state index in [-0.39, 0.29) is 5.91 Å². The standard InChI is InChI=1S/C26H27N3O2S/c1-6-31-22-12-10-21(11-13-22)29-17(3)14-20(19(29)5)15-24-25(30)28-26(32-24)27-23-9-7-8-16(2)18(23)4/h7-15H,6H2,1-5H3,(H,27,28,30)/b24-15-. The molecule has 0 spiro atoms. The number of carbonyl (C=O) groups is 1. The van der Waals surface area contributed by atoms with Crippen LogP contribution in [-0.4, -0.2) is 22.2 Å². The normalized spacial score (nSPS) is 16.1. The van der Waals surface area contributed by atoms with Crippen molar-refractivity contribution in [2.45, 2.75) is 34.6 Å².